The highest BCUT2D eigenvalue weighted by Crippen LogP contribution is 2.27. The summed E-state index contributed by atoms with van der Waals surface area (Å²) in [7, 11) is 3.76. The minimum Gasteiger partial charge on any atom is -0.377 e. The molecule has 0 saturated heterocycles. The summed E-state index contributed by atoms with van der Waals surface area (Å²) in [6, 6.07) is 3.45. The smallest absolute Gasteiger partial charge is 0.326 e. The highest BCUT2D eigenvalue weighted by molar-refractivity contribution is 9.10. The molecule has 2 N–H and O–H groups in total. The van der Waals surface area contributed by atoms with E-state index in [4.69, 9.17) is 0 Å². The van der Waals surface area contributed by atoms with Crippen LogP contribution in [0.3, 0.4) is 0 Å². The average molecular weight is 284 g/mol. The summed E-state index contributed by atoms with van der Waals surface area (Å²) in [5.74, 6) is 0. The van der Waals surface area contributed by atoms with E-state index in [0.29, 0.717) is 10.9 Å². The molecule has 0 radical (unpaired) electrons. The fourth-order valence-electron chi connectivity index (χ4n) is 1.52. The van der Waals surface area contributed by atoms with Gasteiger partial charge in [-0.1, -0.05) is 0 Å². The van der Waals surface area contributed by atoms with Gasteiger partial charge in [-0.25, -0.2) is 4.79 Å². The topological polar surface area (TPSA) is 69.0 Å². The van der Waals surface area contributed by atoms with Crippen LogP contribution in [0, 0.1) is 0 Å². The van der Waals surface area contributed by atoms with Gasteiger partial charge < -0.3 is 9.88 Å². The van der Waals surface area contributed by atoms with E-state index in [2.05, 4.69) is 25.9 Å². The van der Waals surface area contributed by atoms with Crippen LogP contribution in [0.5, 0.6) is 0 Å². The molecule has 0 unspecified atom stereocenters. The summed E-state index contributed by atoms with van der Waals surface area (Å²) < 4.78 is 0.825. The lowest BCUT2D eigenvalue weighted by molar-refractivity contribution is 1.07. The molecule has 0 saturated carbocycles. The van der Waals surface area contributed by atoms with E-state index in [1.807, 2.05) is 19.0 Å². The van der Waals surface area contributed by atoms with Gasteiger partial charge in [0.15, 0.2) is 0 Å². The van der Waals surface area contributed by atoms with Crippen molar-refractivity contribution in [1.82, 2.24) is 9.97 Å². The van der Waals surface area contributed by atoms with Crippen molar-refractivity contribution in [1.29, 1.82) is 0 Å². The standard InChI is InChI=1S/C10H10BrN3O2/c1-14(2)8-3-5-7(4-6(8)11)12-10(16)13-9(5)15/h3-4H,1-2H3,(H2,12,13,15,16). The molecular formula is C10H10BrN3O2. The van der Waals surface area contributed by atoms with Crippen LogP contribution in [-0.2, 0) is 0 Å². The number of nitrogens with one attached hydrogen (secondary N) is 2. The lowest BCUT2D eigenvalue weighted by atomic mass is 10.2. The Kier molecular flexibility index (Phi) is 2.59. The summed E-state index contributed by atoms with van der Waals surface area (Å²) in [5.41, 5.74) is 0.521. The molecule has 16 heavy (non-hydrogen) atoms. The lowest BCUT2D eigenvalue weighted by Crippen LogP contribution is -2.22. The van der Waals surface area contributed by atoms with Gasteiger partial charge in [0.25, 0.3) is 5.56 Å². The maximum atomic E-state index is 11.6. The molecule has 2 rings (SSSR count). The van der Waals surface area contributed by atoms with Crippen LogP contribution < -0.4 is 16.1 Å². The van der Waals surface area contributed by atoms with E-state index in [1.165, 1.54) is 0 Å². The molecule has 0 spiro atoms. The first-order valence-electron chi connectivity index (χ1n) is 4.62. The van der Waals surface area contributed by atoms with Crippen LogP contribution >= 0.6 is 15.9 Å². The lowest BCUT2D eigenvalue weighted by Gasteiger charge is -2.14. The fourth-order valence-corrected chi connectivity index (χ4v) is 2.22. The number of H-pyrrole nitrogens is 2. The van der Waals surface area contributed by atoms with Crippen LogP contribution in [0.25, 0.3) is 10.9 Å². The molecule has 0 aliphatic carbocycles. The van der Waals surface area contributed by atoms with Gasteiger partial charge in [-0.2, -0.15) is 0 Å². The molecule has 0 fully saturated rings. The van der Waals surface area contributed by atoms with Crippen molar-refractivity contribution >= 4 is 32.5 Å². The monoisotopic (exact) mass is 283 g/mol. The predicted octanol–water partition coefficient (Wildman–Crippen LogP) is 1.04. The van der Waals surface area contributed by atoms with Gasteiger partial charge in [0.05, 0.1) is 16.6 Å². The summed E-state index contributed by atoms with van der Waals surface area (Å²) in [6.07, 6.45) is 0. The van der Waals surface area contributed by atoms with Crippen LogP contribution in [0.2, 0.25) is 0 Å². The SMILES string of the molecule is CN(C)c1cc2c(=O)[nH]c(=O)[nH]c2cc1Br. The van der Waals surface area contributed by atoms with E-state index >= 15 is 0 Å². The van der Waals surface area contributed by atoms with Crippen LogP contribution in [0.1, 0.15) is 0 Å². The molecule has 5 nitrogen and oxygen atoms in total. The predicted molar refractivity (Wildman–Crippen MR) is 67.2 cm³/mol. The number of aromatic nitrogens is 2. The normalized spacial score (nSPS) is 10.7. The second-order valence-electron chi connectivity index (χ2n) is 3.65. The Labute approximate surface area is 99.2 Å². The quantitative estimate of drug-likeness (QED) is 0.822. The number of hydrogen-bond acceptors (Lipinski definition) is 3. The van der Waals surface area contributed by atoms with E-state index in [-0.39, 0.29) is 5.56 Å². The molecule has 0 amide bonds. The zero-order valence-corrected chi connectivity index (χ0v) is 10.4. The summed E-state index contributed by atoms with van der Waals surface area (Å²) in [6.45, 7) is 0. The molecule has 0 aliphatic heterocycles. The van der Waals surface area contributed by atoms with Gasteiger partial charge in [0.2, 0.25) is 0 Å². The number of hydrogen-bond donors (Lipinski definition) is 2. The van der Waals surface area contributed by atoms with Crippen LogP contribution in [0.15, 0.2) is 26.2 Å². The van der Waals surface area contributed by atoms with Crippen molar-refractivity contribution in [2.45, 2.75) is 0 Å². The van der Waals surface area contributed by atoms with Crippen molar-refractivity contribution in [3.8, 4) is 0 Å². The minimum absolute atomic E-state index is 0.380. The molecule has 1 heterocycles. The number of anilines is 1. The first-order chi connectivity index (χ1) is 7.49. The maximum absolute atomic E-state index is 11.6. The van der Waals surface area contributed by atoms with Crippen molar-refractivity contribution in [3.05, 3.63) is 37.4 Å². The van der Waals surface area contributed by atoms with E-state index < -0.39 is 5.69 Å². The fraction of sp³-hybridized carbons (Fsp3) is 0.200. The Morgan fingerprint density at radius 2 is 1.88 bits per heavy atom. The molecule has 0 atom stereocenters. The van der Waals surface area contributed by atoms with Crippen molar-refractivity contribution in [3.63, 3.8) is 0 Å². The third-order valence-electron chi connectivity index (χ3n) is 2.29. The Morgan fingerprint density at radius 3 is 2.50 bits per heavy atom. The largest absolute Gasteiger partial charge is 0.377 e. The van der Waals surface area contributed by atoms with Crippen LogP contribution in [0.4, 0.5) is 5.69 Å². The molecule has 2 aromatic rings. The zero-order chi connectivity index (χ0) is 11.9. The maximum Gasteiger partial charge on any atom is 0.326 e. The summed E-state index contributed by atoms with van der Waals surface area (Å²) >= 11 is 3.39. The zero-order valence-electron chi connectivity index (χ0n) is 8.80. The number of benzene rings is 1. The minimum atomic E-state index is -0.498. The molecule has 84 valence electrons. The Balaban J connectivity index is 2.90. The van der Waals surface area contributed by atoms with E-state index in [0.717, 1.165) is 10.2 Å². The van der Waals surface area contributed by atoms with Gasteiger partial charge in [-0.15, -0.1) is 0 Å². The number of halogens is 1. The van der Waals surface area contributed by atoms with Crippen LogP contribution in [-0.4, -0.2) is 24.1 Å². The van der Waals surface area contributed by atoms with Gasteiger partial charge in [0.1, 0.15) is 0 Å². The third kappa shape index (κ3) is 1.76. The van der Waals surface area contributed by atoms with Crippen molar-refractivity contribution < 1.29 is 0 Å². The van der Waals surface area contributed by atoms with Gasteiger partial charge >= 0.3 is 5.69 Å². The molecule has 6 heteroatoms. The second kappa shape index (κ2) is 3.79. The van der Waals surface area contributed by atoms with Gasteiger partial charge in [-0.3, -0.25) is 9.78 Å². The number of nitrogens with zero attached hydrogens (tertiary/aromatic N) is 1. The summed E-state index contributed by atoms with van der Waals surface area (Å²) in [4.78, 5) is 29.3. The Morgan fingerprint density at radius 1 is 1.19 bits per heavy atom. The van der Waals surface area contributed by atoms with E-state index in [1.54, 1.807) is 12.1 Å². The Bertz CT molecular complexity index is 657. The second-order valence-corrected chi connectivity index (χ2v) is 4.51. The third-order valence-corrected chi connectivity index (χ3v) is 2.92. The molecular weight excluding hydrogens is 274 g/mol. The molecule has 0 bridgehead atoms. The molecule has 1 aromatic carbocycles. The average Bonchev–Trinajstić information content (AvgIpc) is 2.15. The first kappa shape index (κ1) is 10.9. The highest BCUT2D eigenvalue weighted by atomic mass is 79.9. The van der Waals surface area contributed by atoms with Gasteiger partial charge in [-0.05, 0) is 28.1 Å². The number of rotatable bonds is 1. The van der Waals surface area contributed by atoms with Gasteiger partial charge in [0, 0.05) is 18.6 Å². The van der Waals surface area contributed by atoms with E-state index in [9.17, 15) is 9.59 Å². The highest BCUT2D eigenvalue weighted by Gasteiger charge is 2.07. The van der Waals surface area contributed by atoms with Crippen molar-refractivity contribution in [2.75, 3.05) is 19.0 Å². The first-order valence-corrected chi connectivity index (χ1v) is 5.41. The number of fused-ring (bicyclic) bond motifs is 1. The Hall–Kier alpha value is -1.56. The molecule has 1 aromatic heterocycles. The molecule has 0 aliphatic rings. The van der Waals surface area contributed by atoms with Crippen molar-refractivity contribution in [2.24, 2.45) is 0 Å². The number of aromatic amines is 2. The summed E-state index contributed by atoms with van der Waals surface area (Å²) in [5, 5.41) is 0.464.